The quantitative estimate of drug-likeness (QED) is 0.782. The standard InChI is InChI=1S/C14H24N2O2S/c1-4-19-12-7-5-6-10(12)15-11-8-13(17)16(9(2)3)14(11)18/h9-12,15H,4-8H2,1-3H3. The van der Waals surface area contributed by atoms with E-state index in [2.05, 4.69) is 12.2 Å². The molecule has 0 aromatic heterocycles. The van der Waals surface area contributed by atoms with Gasteiger partial charge in [0.15, 0.2) is 0 Å². The molecule has 2 aliphatic rings. The van der Waals surface area contributed by atoms with E-state index in [1.54, 1.807) is 0 Å². The van der Waals surface area contributed by atoms with Crippen LogP contribution < -0.4 is 5.32 Å². The molecule has 3 unspecified atom stereocenters. The molecular weight excluding hydrogens is 260 g/mol. The molecule has 1 N–H and O–H groups in total. The molecule has 0 aromatic carbocycles. The van der Waals surface area contributed by atoms with E-state index in [1.807, 2.05) is 25.6 Å². The Morgan fingerprint density at radius 2 is 2.11 bits per heavy atom. The number of imide groups is 1. The van der Waals surface area contributed by atoms with E-state index in [4.69, 9.17) is 0 Å². The monoisotopic (exact) mass is 284 g/mol. The summed E-state index contributed by atoms with van der Waals surface area (Å²) in [5.74, 6) is 1.04. The van der Waals surface area contributed by atoms with E-state index in [-0.39, 0.29) is 23.9 Å². The summed E-state index contributed by atoms with van der Waals surface area (Å²) in [5, 5.41) is 4.04. The highest BCUT2D eigenvalue weighted by molar-refractivity contribution is 7.99. The fourth-order valence-electron chi connectivity index (χ4n) is 3.11. The third kappa shape index (κ3) is 3.14. The molecule has 1 saturated carbocycles. The summed E-state index contributed by atoms with van der Waals surface area (Å²) in [7, 11) is 0. The Morgan fingerprint density at radius 1 is 1.37 bits per heavy atom. The molecule has 4 nitrogen and oxygen atoms in total. The van der Waals surface area contributed by atoms with Crippen LogP contribution in [0.4, 0.5) is 0 Å². The molecule has 0 spiro atoms. The Labute approximate surface area is 119 Å². The van der Waals surface area contributed by atoms with Gasteiger partial charge in [-0.3, -0.25) is 14.5 Å². The number of likely N-dealkylation sites (tertiary alicyclic amines) is 1. The van der Waals surface area contributed by atoms with Gasteiger partial charge in [0, 0.05) is 17.3 Å². The molecule has 1 aliphatic carbocycles. The number of nitrogens with zero attached hydrogens (tertiary/aromatic N) is 1. The fraction of sp³-hybridized carbons (Fsp3) is 0.857. The van der Waals surface area contributed by atoms with Gasteiger partial charge < -0.3 is 5.32 Å². The zero-order valence-corrected chi connectivity index (χ0v) is 12.8. The number of thioether (sulfide) groups is 1. The molecule has 0 aromatic rings. The number of carbonyl (C=O) groups excluding carboxylic acids is 2. The maximum absolute atomic E-state index is 12.2. The first-order chi connectivity index (χ1) is 9.04. The minimum atomic E-state index is -0.294. The molecule has 0 radical (unpaired) electrons. The van der Waals surface area contributed by atoms with Crippen LogP contribution in [-0.4, -0.2) is 45.8 Å². The van der Waals surface area contributed by atoms with Crippen LogP contribution in [0.25, 0.3) is 0 Å². The van der Waals surface area contributed by atoms with E-state index in [1.165, 1.54) is 17.7 Å². The maximum atomic E-state index is 12.2. The van der Waals surface area contributed by atoms with Crippen molar-refractivity contribution in [2.75, 3.05) is 5.75 Å². The van der Waals surface area contributed by atoms with Crippen molar-refractivity contribution in [3.05, 3.63) is 0 Å². The van der Waals surface area contributed by atoms with Crippen molar-refractivity contribution >= 4 is 23.6 Å². The van der Waals surface area contributed by atoms with E-state index in [0.29, 0.717) is 17.7 Å². The largest absolute Gasteiger partial charge is 0.302 e. The minimum Gasteiger partial charge on any atom is -0.302 e. The van der Waals surface area contributed by atoms with E-state index in [0.717, 1.165) is 12.2 Å². The Hall–Kier alpha value is -0.550. The zero-order chi connectivity index (χ0) is 14.0. The molecule has 2 amide bonds. The second-order valence-electron chi connectivity index (χ2n) is 5.65. The number of rotatable bonds is 5. The van der Waals surface area contributed by atoms with Crippen molar-refractivity contribution < 1.29 is 9.59 Å². The summed E-state index contributed by atoms with van der Waals surface area (Å²) in [6.07, 6.45) is 3.89. The molecule has 0 bridgehead atoms. The summed E-state index contributed by atoms with van der Waals surface area (Å²) < 4.78 is 0. The average molecular weight is 284 g/mol. The third-order valence-corrected chi connectivity index (χ3v) is 5.27. The lowest BCUT2D eigenvalue weighted by Gasteiger charge is -2.24. The van der Waals surface area contributed by atoms with Gasteiger partial charge in [-0.1, -0.05) is 13.3 Å². The van der Waals surface area contributed by atoms with Gasteiger partial charge in [-0.15, -0.1) is 0 Å². The average Bonchev–Trinajstić information content (AvgIpc) is 2.86. The van der Waals surface area contributed by atoms with Gasteiger partial charge in [0.1, 0.15) is 0 Å². The van der Waals surface area contributed by atoms with Crippen molar-refractivity contribution in [2.45, 2.75) is 69.8 Å². The first-order valence-corrected chi connectivity index (χ1v) is 8.33. The van der Waals surface area contributed by atoms with Gasteiger partial charge in [-0.2, -0.15) is 11.8 Å². The van der Waals surface area contributed by atoms with E-state index >= 15 is 0 Å². The Morgan fingerprint density at radius 3 is 2.68 bits per heavy atom. The number of amides is 2. The summed E-state index contributed by atoms with van der Waals surface area (Å²) in [4.78, 5) is 25.5. The number of hydrogen-bond acceptors (Lipinski definition) is 4. The molecule has 19 heavy (non-hydrogen) atoms. The van der Waals surface area contributed by atoms with E-state index in [9.17, 15) is 9.59 Å². The van der Waals surface area contributed by atoms with Gasteiger partial charge in [0.05, 0.1) is 12.5 Å². The highest BCUT2D eigenvalue weighted by atomic mass is 32.2. The van der Waals surface area contributed by atoms with Crippen molar-refractivity contribution in [2.24, 2.45) is 0 Å². The highest BCUT2D eigenvalue weighted by Gasteiger charge is 2.42. The normalized spacial score (nSPS) is 31.8. The second-order valence-corrected chi connectivity index (χ2v) is 7.17. The van der Waals surface area contributed by atoms with Gasteiger partial charge >= 0.3 is 0 Å². The van der Waals surface area contributed by atoms with Crippen molar-refractivity contribution in [1.82, 2.24) is 10.2 Å². The van der Waals surface area contributed by atoms with Gasteiger partial charge in [-0.05, 0) is 32.4 Å². The predicted octanol–water partition coefficient (Wildman–Crippen LogP) is 1.79. The van der Waals surface area contributed by atoms with Crippen LogP contribution in [0.3, 0.4) is 0 Å². The molecule has 2 fully saturated rings. The molecule has 1 saturated heterocycles. The van der Waals surface area contributed by atoms with Crippen LogP contribution in [0, 0.1) is 0 Å². The first-order valence-electron chi connectivity index (χ1n) is 7.28. The molecule has 2 rings (SSSR count). The van der Waals surface area contributed by atoms with Crippen LogP contribution >= 0.6 is 11.8 Å². The summed E-state index contributed by atoms with van der Waals surface area (Å²) in [6, 6.07) is 0.0629. The Balaban J connectivity index is 1.96. The van der Waals surface area contributed by atoms with Crippen molar-refractivity contribution in [3.8, 4) is 0 Å². The van der Waals surface area contributed by atoms with E-state index < -0.39 is 0 Å². The van der Waals surface area contributed by atoms with Gasteiger partial charge in [0.25, 0.3) is 0 Å². The molecule has 1 heterocycles. The summed E-state index contributed by atoms with van der Waals surface area (Å²) in [6.45, 7) is 5.96. The second kappa shape index (κ2) is 6.27. The first kappa shape index (κ1) is 14.9. The van der Waals surface area contributed by atoms with Crippen LogP contribution in [0.1, 0.15) is 46.5 Å². The summed E-state index contributed by atoms with van der Waals surface area (Å²) >= 11 is 1.97. The summed E-state index contributed by atoms with van der Waals surface area (Å²) in [5.41, 5.74) is 0. The lowest BCUT2D eigenvalue weighted by molar-refractivity contribution is -0.140. The van der Waals surface area contributed by atoms with Crippen LogP contribution in [-0.2, 0) is 9.59 Å². The predicted molar refractivity (Wildman–Crippen MR) is 78.1 cm³/mol. The highest BCUT2D eigenvalue weighted by Crippen LogP contribution is 2.31. The number of carbonyl (C=O) groups is 2. The molecule has 1 aliphatic heterocycles. The molecule has 5 heteroatoms. The fourth-order valence-corrected chi connectivity index (χ4v) is 4.32. The Kier molecular flexibility index (Phi) is 4.90. The van der Waals surface area contributed by atoms with Gasteiger partial charge in [0.2, 0.25) is 11.8 Å². The number of hydrogen-bond donors (Lipinski definition) is 1. The molecule has 108 valence electrons. The van der Waals surface area contributed by atoms with Crippen molar-refractivity contribution in [3.63, 3.8) is 0 Å². The lowest BCUT2D eigenvalue weighted by atomic mass is 10.1. The smallest absolute Gasteiger partial charge is 0.247 e. The van der Waals surface area contributed by atoms with Crippen LogP contribution in [0.5, 0.6) is 0 Å². The maximum Gasteiger partial charge on any atom is 0.247 e. The van der Waals surface area contributed by atoms with Crippen LogP contribution in [0.2, 0.25) is 0 Å². The SMILES string of the molecule is CCSC1CCCC1NC1CC(=O)N(C(C)C)C1=O. The zero-order valence-electron chi connectivity index (χ0n) is 12.0. The molecule has 3 atom stereocenters. The van der Waals surface area contributed by atoms with Crippen LogP contribution in [0.15, 0.2) is 0 Å². The molecular formula is C14H24N2O2S. The van der Waals surface area contributed by atoms with Gasteiger partial charge in [-0.25, -0.2) is 0 Å². The number of nitrogens with one attached hydrogen (secondary N) is 1. The Bertz CT molecular complexity index is 359. The minimum absolute atomic E-state index is 0.0313. The lowest BCUT2D eigenvalue weighted by Crippen LogP contribution is -2.47. The topological polar surface area (TPSA) is 49.4 Å². The van der Waals surface area contributed by atoms with Crippen molar-refractivity contribution in [1.29, 1.82) is 0 Å². The third-order valence-electron chi connectivity index (χ3n) is 3.95.